The summed E-state index contributed by atoms with van der Waals surface area (Å²) in [6, 6.07) is 0. The lowest BCUT2D eigenvalue weighted by Gasteiger charge is -1.98. The third-order valence-electron chi connectivity index (χ3n) is 0.524. The Morgan fingerprint density at radius 3 is 1.54 bits per heavy atom. The van der Waals surface area contributed by atoms with Crippen molar-refractivity contribution in [3.63, 3.8) is 0 Å². The van der Waals surface area contributed by atoms with E-state index in [1.165, 1.54) is 0 Å². The molecule has 0 fully saturated rings. The Morgan fingerprint density at radius 2 is 1.38 bits per heavy atom. The first kappa shape index (κ1) is 16.5. The summed E-state index contributed by atoms with van der Waals surface area (Å²) in [7, 11) is -2.14. The molecule has 0 N–H and O–H groups in total. The van der Waals surface area contributed by atoms with Crippen LogP contribution in [0, 0.1) is 0 Å². The van der Waals surface area contributed by atoms with E-state index in [-0.39, 0.29) is 0 Å². The van der Waals surface area contributed by atoms with Gasteiger partial charge in [-0.2, -0.15) is 0 Å². The number of hydrogen-bond acceptors (Lipinski definition) is 3. The van der Waals surface area contributed by atoms with Gasteiger partial charge < -0.3 is 9.05 Å². The Hall–Kier alpha value is 1.10. The van der Waals surface area contributed by atoms with Crippen molar-refractivity contribution in [2.45, 2.75) is 33.5 Å². The monoisotopic (exact) mass is 338 g/mol. The second kappa shape index (κ2) is 9.64. The first-order valence-corrected chi connectivity index (χ1v) is 12.1. The Kier molecular flexibility index (Phi) is 12.3. The van der Waals surface area contributed by atoms with Gasteiger partial charge in [0.05, 0.1) is 13.2 Å². The molecule has 0 aliphatic rings. The fourth-order valence-electron chi connectivity index (χ4n) is 0.277. The van der Waals surface area contributed by atoms with Crippen LogP contribution in [0.25, 0.3) is 0 Å². The summed E-state index contributed by atoms with van der Waals surface area (Å²) in [5.41, 5.74) is -0.641. The maximum atomic E-state index is 10.4. The third kappa shape index (κ3) is 32.0. The van der Waals surface area contributed by atoms with E-state index in [9.17, 15) is 4.57 Å². The molecular weight excluding hydrogens is 318 g/mol. The summed E-state index contributed by atoms with van der Waals surface area (Å²) in [5, 5.41) is 0. The molecule has 0 saturated carbocycles. The number of hydrogen-bond donors (Lipinski definition) is 0. The predicted molar refractivity (Wildman–Crippen MR) is 69.6 cm³/mol. The Balaban J connectivity index is 0. The molecule has 0 amide bonds. The molecule has 0 aromatic carbocycles. The second-order valence-corrected chi connectivity index (χ2v) is 18.1. The average Bonchev–Trinajstić information content (AvgIpc) is 1.84. The molecule has 0 aliphatic heterocycles. The summed E-state index contributed by atoms with van der Waals surface area (Å²) in [6.45, 7) is 11.4. The van der Waals surface area contributed by atoms with Crippen LogP contribution in [-0.2, 0) is 13.6 Å². The standard InChI is InChI=1S/C4H11O3P.C3H9ISi/c1-3-6-8(5)7-4-2;1-5(2,3)4/h8H,3-4H2,1-2H3;1-3H3. The Morgan fingerprint density at radius 1 is 1.15 bits per heavy atom. The second-order valence-electron chi connectivity index (χ2n) is 3.18. The zero-order valence-electron chi connectivity index (χ0n) is 9.02. The molecule has 0 bridgehead atoms. The fraction of sp³-hybridized carbons (Fsp3) is 1.00. The number of halogens is 1. The molecule has 82 valence electrons. The SMILES string of the molecule is CCO[PH](=O)OCC.C[Si](C)(C)I. The molecule has 0 spiro atoms. The van der Waals surface area contributed by atoms with Gasteiger partial charge in [-0.15, -0.1) is 21.8 Å². The largest absolute Gasteiger partial charge is 0.319 e. The molecule has 0 heterocycles. The minimum atomic E-state index is -2.14. The normalized spacial score (nSPS) is 11.0. The van der Waals surface area contributed by atoms with Crippen LogP contribution in [0.3, 0.4) is 0 Å². The van der Waals surface area contributed by atoms with Gasteiger partial charge in [0.25, 0.3) is 0 Å². The van der Waals surface area contributed by atoms with E-state index in [0.717, 1.165) is 0 Å². The first-order chi connectivity index (χ1) is 5.81. The van der Waals surface area contributed by atoms with E-state index >= 15 is 0 Å². The molecule has 3 nitrogen and oxygen atoms in total. The molecule has 6 heteroatoms. The van der Waals surface area contributed by atoms with Gasteiger partial charge in [0, 0.05) is 0 Å². The van der Waals surface area contributed by atoms with E-state index in [1.54, 1.807) is 13.8 Å². The molecule has 0 aliphatic carbocycles. The quantitative estimate of drug-likeness (QED) is 0.339. The van der Waals surface area contributed by atoms with Crippen molar-refractivity contribution in [3.8, 4) is 0 Å². The smallest absolute Gasteiger partial charge is 0.311 e. The maximum Gasteiger partial charge on any atom is 0.319 e. The van der Waals surface area contributed by atoms with Gasteiger partial charge in [-0.05, 0) is 13.8 Å². The summed E-state index contributed by atoms with van der Waals surface area (Å²) in [4.78, 5) is 0. The van der Waals surface area contributed by atoms with Crippen LogP contribution >= 0.6 is 30.1 Å². The zero-order valence-corrected chi connectivity index (χ0v) is 13.2. The fourth-order valence-corrected chi connectivity index (χ4v) is 0.832. The lowest BCUT2D eigenvalue weighted by Crippen LogP contribution is -2.05. The van der Waals surface area contributed by atoms with Crippen LogP contribution < -0.4 is 0 Å². The number of rotatable bonds is 4. The minimum absolute atomic E-state index is 0.456. The van der Waals surface area contributed by atoms with Crippen molar-refractivity contribution in [2.24, 2.45) is 0 Å². The highest BCUT2D eigenvalue weighted by Crippen LogP contribution is 2.21. The van der Waals surface area contributed by atoms with Crippen molar-refractivity contribution in [2.75, 3.05) is 13.2 Å². The molecule has 13 heavy (non-hydrogen) atoms. The summed E-state index contributed by atoms with van der Waals surface area (Å²) in [6.07, 6.45) is 0. The van der Waals surface area contributed by atoms with Crippen LogP contribution in [0.5, 0.6) is 0 Å². The summed E-state index contributed by atoms with van der Waals surface area (Å²) < 4.78 is 19.6. The molecule has 0 radical (unpaired) electrons. The van der Waals surface area contributed by atoms with Gasteiger partial charge in [0.2, 0.25) is 0 Å². The van der Waals surface area contributed by atoms with Gasteiger partial charge in [0.1, 0.15) is 5.57 Å². The minimum Gasteiger partial charge on any atom is -0.311 e. The average molecular weight is 338 g/mol. The van der Waals surface area contributed by atoms with E-state index in [2.05, 4.69) is 50.5 Å². The lowest BCUT2D eigenvalue weighted by molar-refractivity contribution is 0.243. The highest BCUT2D eigenvalue weighted by molar-refractivity contribution is 14.1. The van der Waals surface area contributed by atoms with E-state index < -0.39 is 13.8 Å². The predicted octanol–water partition coefficient (Wildman–Crippen LogP) is 3.71. The van der Waals surface area contributed by atoms with Crippen LogP contribution in [0.2, 0.25) is 19.6 Å². The van der Waals surface area contributed by atoms with Crippen LogP contribution in [0.4, 0.5) is 0 Å². The van der Waals surface area contributed by atoms with Gasteiger partial charge in [-0.3, -0.25) is 4.57 Å². The summed E-state index contributed by atoms with van der Waals surface area (Å²) >= 11 is 2.52. The van der Waals surface area contributed by atoms with Gasteiger partial charge >= 0.3 is 8.25 Å². The van der Waals surface area contributed by atoms with Gasteiger partial charge in [-0.25, -0.2) is 0 Å². The van der Waals surface area contributed by atoms with E-state index in [4.69, 9.17) is 0 Å². The van der Waals surface area contributed by atoms with E-state index in [1.807, 2.05) is 0 Å². The van der Waals surface area contributed by atoms with Crippen molar-refractivity contribution >= 4 is 35.6 Å². The van der Waals surface area contributed by atoms with Gasteiger partial charge in [0.15, 0.2) is 0 Å². The highest BCUT2D eigenvalue weighted by Gasteiger charge is 2.02. The molecule has 0 rings (SSSR count). The van der Waals surface area contributed by atoms with Crippen LogP contribution in [0.15, 0.2) is 0 Å². The van der Waals surface area contributed by atoms with Crippen molar-refractivity contribution in [1.82, 2.24) is 0 Å². The Labute approximate surface area is 95.8 Å². The Bertz CT molecular complexity index is 124. The molecule has 0 atom stereocenters. The van der Waals surface area contributed by atoms with E-state index in [0.29, 0.717) is 13.2 Å². The van der Waals surface area contributed by atoms with Crippen LogP contribution in [0.1, 0.15) is 13.8 Å². The molecule has 0 saturated heterocycles. The first-order valence-electron chi connectivity index (χ1n) is 4.29. The highest BCUT2D eigenvalue weighted by atomic mass is 127. The molecular formula is C7H20IO3PSi. The van der Waals surface area contributed by atoms with Gasteiger partial charge in [-0.1, -0.05) is 19.6 Å². The molecule has 0 unspecified atom stereocenters. The van der Waals surface area contributed by atoms with Crippen LogP contribution in [-0.4, -0.2) is 18.8 Å². The molecule has 0 aromatic heterocycles. The topological polar surface area (TPSA) is 35.5 Å². The third-order valence-corrected chi connectivity index (χ3v) is 1.57. The maximum absolute atomic E-state index is 10.4. The van der Waals surface area contributed by atoms with Crippen molar-refractivity contribution in [1.29, 1.82) is 0 Å². The molecule has 0 aromatic rings. The van der Waals surface area contributed by atoms with Crippen molar-refractivity contribution in [3.05, 3.63) is 0 Å². The van der Waals surface area contributed by atoms with Crippen molar-refractivity contribution < 1.29 is 13.6 Å². The zero-order chi connectivity index (χ0) is 10.9. The summed E-state index contributed by atoms with van der Waals surface area (Å²) in [5.74, 6) is 0. The lowest BCUT2D eigenvalue weighted by atomic mass is 10.9.